The number of rotatable bonds is 2. The molecule has 0 spiro atoms. The van der Waals surface area contributed by atoms with Crippen molar-refractivity contribution in [3.63, 3.8) is 0 Å². The van der Waals surface area contributed by atoms with Crippen LogP contribution in [0.2, 0.25) is 5.02 Å². The maximum Gasteiger partial charge on any atom is 0.229 e. The third kappa shape index (κ3) is 2.39. The minimum atomic E-state index is -0.208. The zero-order valence-corrected chi connectivity index (χ0v) is 11.8. The summed E-state index contributed by atoms with van der Waals surface area (Å²) in [5.74, 6) is 0.0641. The van der Waals surface area contributed by atoms with Gasteiger partial charge in [0.2, 0.25) is 5.78 Å². The van der Waals surface area contributed by atoms with Crippen molar-refractivity contribution in [3.8, 4) is 0 Å². The summed E-state index contributed by atoms with van der Waals surface area (Å²) >= 11 is 12.4. The van der Waals surface area contributed by atoms with Gasteiger partial charge in [-0.05, 0) is 40.2 Å². The Morgan fingerprint density at radius 1 is 1.25 bits per heavy atom. The van der Waals surface area contributed by atoms with Gasteiger partial charge in [-0.25, -0.2) is 0 Å². The minimum absolute atomic E-state index is 0.208. The van der Waals surface area contributed by atoms with Crippen LogP contribution in [0.4, 0.5) is 0 Å². The fourth-order valence-electron chi connectivity index (χ4n) is 1.27. The van der Waals surface area contributed by atoms with Gasteiger partial charge < -0.3 is 4.42 Å². The lowest BCUT2D eigenvalue weighted by molar-refractivity contribution is 0.101. The quantitative estimate of drug-likeness (QED) is 0.724. The molecule has 2 nitrogen and oxygen atoms in total. The minimum Gasteiger partial charge on any atom is -0.460 e. The average molecular weight is 364 g/mol. The first-order valence-corrected chi connectivity index (χ1v) is 6.28. The highest BCUT2D eigenvalue weighted by Gasteiger charge is 2.16. The third-order valence-corrected chi connectivity index (χ3v) is 3.25. The van der Waals surface area contributed by atoms with Crippen molar-refractivity contribution in [3.05, 3.63) is 55.8 Å². The van der Waals surface area contributed by atoms with Crippen LogP contribution in [0.15, 0.2) is 43.9 Å². The molecule has 0 saturated carbocycles. The number of benzene rings is 1. The van der Waals surface area contributed by atoms with Crippen LogP contribution in [0.1, 0.15) is 16.1 Å². The molecule has 0 aliphatic rings. The molecule has 0 aliphatic carbocycles. The van der Waals surface area contributed by atoms with E-state index in [0.29, 0.717) is 15.1 Å². The molecule has 0 N–H and O–H groups in total. The number of hydrogen-bond donors (Lipinski definition) is 0. The molecule has 0 aliphatic heterocycles. The Balaban J connectivity index is 2.45. The molecule has 0 saturated heterocycles. The normalized spacial score (nSPS) is 10.4. The van der Waals surface area contributed by atoms with Gasteiger partial charge in [0.15, 0.2) is 5.76 Å². The van der Waals surface area contributed by atoms with Crippen LogP contribution in [0.25, 0.3) is 0 Å². The monoisotopic (exact) mass is 362 g/mol. The summed E-state index contributed by atoms with van der Waals surface area (Å²) in [6.45, 7) is 0. The Hall–Kier alpha value is -0.580. The van der Waals surface area contributed by atoms with E-state index >= 15 is 0 Å². The predicted octanol–water partition coefficient (Wildman–Crippen LogP) is 4.69. The maximum atomic E-state index is 12.0. The second-order valence-corrected chi connectivity index (χ2v) is 5.29. The van der Waals surface area contributed by atoms with Crippen molar-refractivity contribution in [1.29, 1.82) is 0 Å². The molecule has 82 valence electrons. The maximum absolute atomic E-state index is 12.0. The van der Waals surface area contributed by atoms with Gasteiger partial charge in [0.1, 0.15) is 0 Å². The molecule has 2 rings (SSSR count). The Kier molecular flexibility index (Phi) is 3.52. The SMILES string of the molecule is O=C(c1cc(Cl)cc(Br)c1)c1occc1Br. The number of halogens is 3. The lowest BCUT2D eigenvalue weighted by Gasteiger charge is -2.00. The lowest BCUT2D eigenvalue weighted by Crippen LogP contribution is -2.00. The predicted molar refractivity (Wildman–Crippen MR) is 69.0 cm³/mol. The van der Waals surface area contributed by atoms with Crippen molar-refractivity contribution in [2.24, 2.45) is 0 Å². The number of carbonyl (C=O) groups is 1. The standard InChI is InChI=1S/C11H5Br2ClO2/c12-7-3-6(4-8(14)5-7)10(15)11-9(13)1-2-16-11/h1-5H. The number of carbonyl (C=O) groups excluding carboxylic acids is 1. The van der Waals surface area contributed by atoms with Crippen LogP contribution in [0.3, 0.4) is 0 Å². The van der Waals surface area contributed by atoms with Gasteiger partial charge in [-0.15, -0.1) is 0 Å². The van der Waals surface area contributed by atoms with Crippen molar-refractivity contribution < 1.29 is 9.21 Å². The second-order valence-electron chi connectivity index (χ2n) is 3.08. The van der Waals surface area contributed by atoms with Crippen LogP contribution in [-0.4, -0.2) is 5.78 Å². The molecule has 16 heavy (non-hydrogen) atoms. The smallest absolute Gasteiger partial charge is 0.229 e. The van der Waals surface area contributed by atoms with Gasteiger partial charge in [0, 0.05) is 15.1 Å². The van der Waals surface area contributed by atoms with E-state index in [0.717, 1.165) is 4.47 Å². The van der Waals surface area contributed by atoms with Gasteiger partial charge in [-0.2, -0.15) is 0 Å². The van der Waals surface area contributed by atoms with Crippen LogP contribution in [0.5, 0.6) is 0 Å². The van der Waals surface area contributed by atoms with Gasteiger partial charge in [0.25, 0.3) is 0 Å². The zero-order valence-electron chi connectivity index (χ0n) is 7.84. The molecule has 0 amide bonds. The van der Waals surface area contributed by atoms with E-state index < -0.39 is 0 Å². The van der Waals surface area contributed by atoms with Crippen LogP contribution < -0.4 is 0 Å². The van der Waals surface area contributed by atoms with Gasteiger partial charge in [-0.3, -0.25) is 4.79 Å². The Morgan fingerprint density at radius 3 is 2.56 bits per heavy atom. The Labute approximate surface area is 114 Å². The van der Waals surface area contributed by atoms with E-state index in [-0.39, 0.29) is 11.5 Å². The van der Waals surface area contributed by atoms with Crippen LogP contribution in [-0.2, 0) is 0 Å². The van der Waals surface area contributed by atoms with Gasteiger partial charge in [0.05, 0.1) is 10.7 Å². The van der Waals surface area contributed by atoms with E-state index in [2.05, 4.69) is 31.9 Å². The Morgan fingerprint density at radius 2 is 2.00 bits per heavy atom. The molecule has 5 heteroatoms. The molecule has 1 aromatic carbocycles. The van der Waals surface area contributed by atoms with E-state index in [9.17, 15) is 4.79 Å². The molecule has 1 heterocycles. The fourth-order valence-corrected chi connectivity index (χ4v) is 2.51. The molecule has 1 aromatic heterocycles. The third-order valence-electron chi connectivity index (χ3n) is 1.95. The highest BCUT2D eigenvalue weighted by molar-refractivity contribution is 9.10. The summed E-state index contributed by atoms with van der Waals surface area (Å²) in [4.78, 5) is 12.0. The molecule has 0 fully saturated rings. The highest BCUT2D eigenvalue weighted by Crippen LogP contribution is 2.25. The van der Waals surface area contributed by atoms with E-state index in [1.165, 1.54) is 6.26 Å². The summed E-state index contributed by atoms with van der Waals surface area (Å²) in [6.07, 6.45) is 1.46. The summed E-state index contributed by atoms with van der Waals surface area (Å²) < 4.78 is 6.49. The van der Waals surface area contributed by atoms with Gasteiger partial charge >= 0.3 is 0 Å². The Bertz CT molecular complexity index is 528. The number of ketones is 1. The largest absolute Gasteiger partial charge is 0.460 e. The molecular formula is C11H5Br2ClO2. The summed E-state index contributed by atoms with van der Waals surface area (Å²) in [5, 5.41) is 0.500. The molecular weight excluding hydrogens is 359 g/mol. The van der Waals surface area contributed by atoms with E-state index in [4.69, 9.17) is 16.0 Å². The van der Waals surface area contributed by atoms with Crippen LogP contribution in [0, 0.1) is 0 Å². The lowest BCUT2D eigenvalue weighted by atomic mass is 10.1. The molecule has 0 unspecified atom stereocenters. The first-order valence-electron chi connectivity index (χ1n) is 4.31. The second kappa shape index (κ2) is 4.73. The van der Waals surface area contributed by atoms with Crippen molar-refractivity contribution in [1.82, 2.24) is 0 Å². The number of hydrogen-bond acceptors (Lipinski definition) is 2. The zero-order chi connectivity index (χ0) is 11.7. The fraction of sp³-hybridized carbons (Fsp3) is 0. The number of furan rings is 1. The van der Waals surface area contributed by atoms with Crippen molar-refractivity contribution in [2.75, 3.05) is 0 Å². The van der Waals surface area contributed by atoms with Gasteiger partial charge in [-0.1, -0.05) is 27.5 Å². The highest BCUT2D eigenvalue weighted by atomic mass is 79.9. The summed E-state index contributed by atoms with van der Waals surface area (Å²) in [5.41, 5.74) is 0.482. The van der Waals surface area contributed by atoms with Crippen molar-refractivity contribution in [2.45, 2.75) is 0 Å². The molecule has 0 atom stereocenters. The molecule has 0 radical (unpaired) electrons. The summed E-state index contributed by atoms with van der Waals surface area (Å²) in [6, 6.07) is 6.69. The molecule has 0 bridgehead atoms. The van der Waals surface area contributed by atoms with Crippen molar-refractivity contribution >= 4 is 49.2 Å². The van der Waals surface area contributed by atoms with Crippen LogP contribution >= 0.6 is 43.5 Å². The first kappa shape index (κ1) is 11.9. The molecule has 2 aromatic rings. The topological polar surface area (TPSA) is 30.2 Å². The average Bonchev–Trinajstić information content (AvgIpc) is 2.62. The van der Waals surface area contributed by atoms with E-state index in [1.54, 1.807) is 24.3 Å². The first-order chi connectivity index (χ1) is 7.58. The van der Waals surface area contributed by atoms with E-state index in [1.807, 2.05) is 0 Å². The summed E-state index contributed by atoms with van der Waals surface area (Å²) in [7, 11) is 0.